The van der Waals surface area contributed by atoms with Crippen LogP contribution in [0.25, 0.3) is 66.1 Å². The van der Waals surface area contributed by atoms with Gasteiger partial charge in [0.15, 0.2) is 0 Å². The summed E-state index contributed by atoms with van der Waals surface area (Å²) in [7, 11) is 0. The standard InChI is InChI=1S/C41H25N2O/c1-2-9-26(10-3-1)40-33-13-6-7-16-37(33)42-43(40)28-20-17-25(18-21-28)27-19-22-31-36-24-35-30-12-5-4-11-29(30)32-14-8-15-34(39(32)35)41(36)44-38(31)23-27/h1-24,40H/q+1. The number of benzene rings is 7. The average Bonchev–Trinajstić information content (AvgIpc) is 3.76. The van der Waals surface area contributed by atoms with E-state index in [1.165, 1.54) is 49.5 Å². The van der Waals surface area contributed by atoms with Crippen LogP contribution in [0.2, 0.25) is 0 Å². The topological polar surface area (TPSA) is 28.5 Å². The van der Waals surface area contributed by atoms with Crippen molar-refractivity contribution in [2.45, 2.75) is 6.04 Å². The van der Waals surface area contributed by atoms with Crippen molar-refractivity contribution >= 4 is 44.1 Å². The van der Waals surface area contributed by atoms with Crippen molar-refractivity contribution in [3.05, 3.63) is 157 Å². The van der Waals surface area contributed by atoms with Gasteiger partial charge in [0.05, 0.1) is 5.56 Å². The summed E-state index contributed by atoms with van der Waals surface area (Å²) in [5.41, 5.74) is 13.9. The summed E-state index contributed by atoms with van der Waals surface area (Å²) < 4.78 is 8.79. The molecule has 0 radical (unpaired) electrons. The third-order valence-electron chi connectivity index (χ3n) is 9.37. The fraction of sp³-hybridized carbons (Fsp3) is 0.0244. The summed E-state index contributed by atoms with van der Waals surface area (Å²) in [5, 5.41) is 9.80. The lowest BCUT2D eigenvalue weighted by Gasteiger charge is -2.09. The summed E-state index contributed by atoms with van der Waals surface area (Å²) in [5.74, 6) is 0. The molecule has 1 aliphatic heterocycles. The molecule has 2 aliphatic rings. The second-order valence-electron chi connectivity index (χ2n) is 11.8. The SMILES string of the molecule is c1ccc(C2c3ccccc3N=[N+]2c2ccc(-c3ccc4c(c3)oc3c5cccc6c5c(cc43)-c3ccccc3-6)cc2)cc1. The van der Waals surface area contributed by atoms with E-state index in [1.54, 1.807) is 0 Å². The maximum atomic E-state index is 6.65. The number of hydrogen-bond acceptors (Lipinski definition) is 2. The van der Waals surface area contributed by atoms with E-state index in [4.69, 9.17) is 9.53 Å². The molecule has 3 nitrogen and oxygen atoms in total. The number of fused-ring (bicyclic) bond motifs is 8. The molecule has 7 aromatic carbocycles. The summed E-state index contributed by atoms with van der Waals surface area (Å²) in [6.45, 7) is 0. The summed E-state index contributed by atoms with van der Waals surface area (Å²) in [6, 6.07) is 52.0. The van der Waals surface area contributed by atoms with Crippen molar-refractivity contribution in [2.75, 3.05) is 0 Å². The minimum Gasteiger partial charge on any atom is -0.455 e. The summed E-state index contributed by atoms with van der Waals surface area (Å²) in [4.78, 5) is 0. The van der Waals surface area contributed by atoms with Gasteiger partial charge in [-0.1, -0.05) is 95.7 Å². The van der Waals surface area contributed by atoms with Crippen LogP contribution < -0.4 is 0 Å². The molecule has 3 heteroatoms. The van der Waals surface area contributed by atoms with E-state index in [9.17, 15) is 0 Å². The van der Waals surface area contributed by atoms with Gasteiger partial charge < -0.3 is 4.42 Å². The number of azo groups is 2. The number of rotatable bonds is 3. The van der Waals surface area contributed by atoms with E-state index in [0.717, 1.165) is 39.1 Å². The third kappa shape index (κ3) is 3.27. The maximum Gasteiger partial charge on any atom is 0.237 e. The van der Waals surface area contributed by atoms with Crippen LogP contribution in [0.15, 0.2) is 155 Å². The highest BCUT2D eigenvalue weighted by Crippen LogP contribution is 2.51. The van der Waals surface area contributed by atoms with Gasteiger partial charge in [-0.25, -0.2) is 0 Å². The quantitative estimate of drug-likeness (QED) is 0.197. The first-order valence-electron chi connectivity index (χ1n) is 15.1. The minimum absolute atomic E-state index is 0.0455. The van der Waals surface area contributed by atoms with Gasteiger partial charge in [0.2, 0.25) is 11.7 Å². The number of furan rings is 1. The Morgan fingerprint density at radius 2 is 1.25 bits per heavy atom. The van der Waals surface area contributed by atoms with Crippen LogP contribution in [0, 0.1) is 0 Å². The summed E-state index contributed by atoms with van der Waals surface area (Å²) in [6.07, 6.45) is 0. The third-order valence-corrected chi connectivity index (χ3v) is 9.37. The van der Waals surface area contributed by atoms with E-state index >= 15 is 0 Å². The Morgan fingerprint density at radius 1 is 0.523 bits per heavy atom. The molecule has 0 spiro atoms. The Labute approximate surface area is 254 Å². The zero-order chi connectivity index (χ0) is 28.8. The van der Waals surface area contributed by atoms with Gasteiger partial charge in [0, 0.05) is 44.4 Å². The predicted octanol–water partition coefficient (Wildman–Crippen LogP) is 11.6. The second kappa shape index (κ2) is 8.85. The van der Waals surface area contributed by atoms with Gasteiger partial charge in [-0.05, 0) is 75.8 Å². The van der Waals surface area contributed by atoms with Gasteiger partial charge in [-0.15, -0.1) is 0 Å². The lowest BCUT2D eigenvalue weighted by molar-refractivity contribution is -0.536. The van der Waals surface area contributed by atoms with Crippen molar-refractivity contribution < 1.29 is 9.11 Å². The number of hydrogen-bond donors (Lipinski definition) is 0. The van der Waals surface area contributed by atoms with E-state index in [-0.39, 0.29) is 6.04 Å². The molecule has 1 aliphatic carbocycles. The van der Waals surface area contributed by atoms with Crippen LogP contribution in [0.1, 0.15) is 17.2 Å². The smallest absolute Gasteiger partial charge is 0.237 e. The maximum absolute atomic E-state index is 6.65. The highest BCUT2D eigenvalue weighted by molar-refractivity contribution is 6.25. The molecule has 0 bridgehead atoms. The molecular weight excluding hydrogens is 536 g/mol. The molecule has 8 aromatic rings. The minimum atomic E-state index is 0.0455. The Kier molecular flexibility index (Phi) is 4.77. The molecule has 0 amide bonds. The molecule has 1 unspecified atom stereocenters. The average molecular weight is 562 g/mol. The molecule has 1 aromatic heterocycles. The van der Waals surface area contributed by atoms with Crippen molar-refractivity contribution in [3.63, 3.8) is 0 Å². The first-order chi connectivity index (χ1) is 21.8. The van der Waals surface area contributed by atoms with E-state index < -0.39 is 0 Å². The zero-order valence-corrected chi connectivity index (χ0v) is 23.7. The fourth-order valence-electron chi connectivity index (χ4n) is 7.36. The van der Waals surface area contributed by atoms with Crippen LogP contribution in [-0.2, 0) is 0 Å². The molecule has 1 atom stereocenters. The van der Waals surface area contributed by atoms with Crippen LogP contribution in [0.5, 0.6) is 0 Å². The Morgan fingerprint density at radius 3 is 2.11 bits per heavy atom. The van der Waals surface area contributed by atoms with Crippen LogP contribution in [0.3, 0.4) is 0 Å². The van der Waals surface area contributed by atoms with E-state index in [2.05, 4.69) is 150 Å². The van der Waals surface area contributed by atoms with Crippen molar-refractivity contribution in [1.29, 1.82) is 0 Å². The largest absolute Gasteiger partial charge is 0.455 e. The van der Waals surface area contributed by atoms with E-state index in [0.29, 0.717) is 0 Å². The zero-order valence-electron chi connectivity index (χ0n) is 23.7. The van der Waals surface area contributed by atoms with Crippen LogP contribution in [-0.4, -0.2) is 4.70 Å². The van der Waals surface area contributed by atoms with Gasteiger partial charge in [0.25, 0.3) is 0 Å². The molecule has 0 saturated heterocycles. The van der Waals surface area contributed by atoms with Crippen LogP contribution in [0.4, 0.5) is 11.4 Å². The Hall–Kier alpha value is -5.80. The van der Waals surface area contributed by atoms with Crippen molar-refractivity contribution in [3.8, 4) is 33.4 Å². The predicted molar refractivity (Wildman–Crippen MR) is 178 cm³/mol. The van der Waals surface area contributed by atoms with Gasteiger partial charge in [-0.3, -0.25) is 0 Å². The van der Waals surface area contributed by atoms with E-state index in [1.807, 2.05) is 0 Å². The molecule has 10 rings (SSSR count). The molecule has 0 fully saturated rings. The van der Waals surface area contributed by atoms with Crippen molar-refractivity contribution in [2.24, 2.45) is 5.11 Å². The molecule has 204 valence electrons. The monoisotopic (exact) mass is 561 g/mol. The lowest BCUT2D eigenvalue weighted by atomic mass is 9.97. The van der Waals surface area contributed by atoms with Gasteiger partial charge in [-0.2, -0.15) is 0 Å². The molecular formula is C41H25N2O+. The van der Waals surface area contributed by atoms with Gasteiger partial charge >= 0.3 is 0 Å². The normalized spacial score (nSPS) is 14.7. The highest BCUT2D eigenvalue weighted by Gasteiger charge is 2.37. The first kappa shape index (κ1) is 23.7. The van der Waals surface area contributed by atoms with Crippen LogP contribution >= 0.6 is 0 Å². The Balaban J connectivity index is 1.06. The van der Waals surface area contributed by atoms with Gasteiger partial charge in [0.1, 0.15) is 16.9 Å². The highest BCUT2D eigenvalue weighted by atomic mass is 16.3. The number of nitrogens with zero attached hydrogens (tertiary/aromatic N) is 2. The lowest BCUT2D eigenvalue weighted by Crippen LogP contribution is -2.10. The Bertz CT molecular complexity index is 2490. The molecule has 44 heavy (non-hydrogen) atoms. The fourth-order valence-corrected chi connectivity index (χ4v) is 7.36. The molecule has 0 N–H and O–H groups in total. The first-order valence-corrected chi connectivity index (χ1v) is 15.1. The molecule has 2 heterocycles. The summed E-state index contributed by atoms with van der Waals surface area (Å²) >= 11 is 0. The molecule has 0 saturated carbocycles. The van der Waals surface area contributed by atoms with Crippen molar-refractivity contribution in [1.82, 2.24) is 0 Å². The second-order valence-corrected chi connectivity index (χ2v) is 11.8.